The molecule has 4 aromatic rings. The van der Waals surface area contributed by atoms with E-state index in [-0.39, 0.29) is 41.2 Å². The number of nitrogens with zero attached hydrogens (tertiary/aromatic N) is 5. The molecule has 0 saturated heterocycles. The number of aliphatic hydroxyl groups is 1. The number of hydrogen-bond acceptors (Lipinski definition) is 13. The average molecular weight is 709 g/mol. The summed E-state index contributed by atoms with van der Waals surface area (Å²) in [6.07, 6.45) is 3.83. The van der Waals surface area contributed by atoms with Crippen LogP contribution >= 0.6 is 7.37 Å². The summed E-state index contributed by atoms with van der Waals surface area (Å²) in [6.45, 7) is 5.44. The fourth-order valence-electron chi connectivity index (χ4n) is 4.02. The second-order valence-electron chi connectivity index (χ2n) is 10.3. The molecule has 4 rings (SSSR count). The van der Waals surface area contributed by atoms with Crippen LogP contribution in [0.3, 0.4) is 0 Å². The Morgan fingerprint density at radius 1 is 1.06 bits per heavy atom. The Balaban J connectivity index is 0.000000533. The van der Waals surface area contributed by atoms with Crippen molar-refractivity contribution in [3.8, 4) is 17.2 Å². The van der Waals surface area contributed by atoms with Crippen LogP contribution in [0, 0.1) is 10.1 Å². The highest BCUT2D eigenvalue weighted by Gasteiger charge is 2.18. The third-order valence-electron chi connectivity index (χ3n) is 6.01. The van der Waals surface area contributed by atoms with Crippen molar-refractivity contribution in [2.75, 3.05) is 38.6 Å². The lowest BCUT2D eigenvalue weighted by Crippen LogP contribution is -2.18. The molecule has 0 fully saturated rings. The highest BCUT2D eigenvalue weighted by molar-refractivity contribution is 7.90. The van der Waals surface area contributed by atoms with E-state index in [1.807, 2.05) is 6.92 Å². The molecule has 2 atom stereocenters. The topological polar surface area (TPSA) is 216 Å². The van der Waals surface area contributed by atoms with Crippen molar-refractivity contribution < 1.29 is 46.5 Å². The van der Waals surface area contributed by atoms with Crippen LogP contribution in [0.4, 0.5) is 11.6 Å². The molecule has 19 heteroatoms. The third-order valence-corrected chi connectivity index (χ3v) is 8.75. The number of methoxy groups -OCH3 is 1. The highest BCUT2D eigenvalue weighted by atomic mass is 32.2. The minimum absolute atomic E-state index is 0.0769. The molecule has 1 amide bonds. The van der Waals surface area contributed by atoms with E-state index in [9.17, 15) is 27.9 Å². The van der Waals surface area contributed by atoms with Gasteiger partial charge in [0, 0.05) is 43.9 Å². The van der Waals surface area contributed by atoms with Crippen LogP contribution in [0.1, 0.15) is 24.2 Å². The molecule has 0 aliphatic carbocycles. The second-order valence-corrected chi connectivity index (χ2v) is 14.9. The molecular weight excluding hydrogens is 671 g/mol. The standard InChI is InChI=1S/C25H32N3O8PS.C4H5N3O3/c1-6-34-37(4,30)17-28-12-11-24(27-28)26-25(29)19-13-21(35-18(2)16-33-3)15-22(14-19)36-20-7-9-23(10-8-20)38(5,31)32;8-3-6-2-1-4(5-6)7(9)10/h7-15,18H,6,16-17H2,1-5H3,(H,26,27,29);1-2,8H,3H2/t18-,37+;/m0./s1. The Labute approximate surface area is 276 Å². The zero-order chi connectivity index (χ0) is 35.5. The fourth-order valence-corrected chi connectivity index (χ4v) is 5.96. The van der Waals surface area contributed by atoms with Gasteiger partial charge in [-0.2, -0.15) is 9.78 Å². The number of aliphatic hydroxyl groups excluding tert-OH is 1. The van der Waals surface area contributed by atoms with Gasteiger partial charge in [-0.15, -0.1) is 0 Å². The van der Waals surface area contributed by atoms with E-state index < -0.39 is 28.0 Å². The number of hydrogen-bond donors (Lipinski definition) is 2. The molecule has 0 spiro atoms. The third kappa shape index (κ3) is 11.9. The number of ether oxygens (including phenoxy) is 3. The van der Waals surface area contributed by atoms with Crippen LogP contribution in [0.15, 0.2) is 71.9 Å². The molecule has 0 unspecified atom stereocenters. The molecule has 260 valence electrons. The largest absolute Gasteiger partial charge is 0.488 e. The lowest BCUT2D eigenvalue weighted by molar-refractivity contribution is -0.389. The monoisotopic (exact) mass is 708 g/mol. The van der Waals surface area contributed by atoms with Crippen LogP contribution < -0.4 is 14.8 Å². The van der Waals surface area contributed by atoms with E-state index in [0.29, 0.717) is 30.5 Å². The number of anilines is 1. The summed E-state index contributed by atoms with van der Waals surface area (Å²) in [5.41, 5.74) is 0.236. The van der Waals surface area contributed by atoms with Gasteiger partial charge in [0.25, 0.3) is 5.91 Å². The van der Waals surface area contributed by atoms with Crippen LogP contribution in [-0.2, 0) is 36.7 Å². The van der Waals surface area contributed by atoms with Crippen molar-refractivity contribution in [3.05, 3.63) is 82.7 Å². The maximum atomic E-state index is 13.1. The van der Waals surface area contributed by atoms with Crippen molar-refractivity contribution in [2.24, 2.45) is 0 Å². The van der Waals surface area contributed by atoms with Gasteiger partial charge in [0.15, 0.2) is 22.4 Å². The van der Waals surface area contributed by atoms with Gasteiger partial charge in [-0.05, 0) is 55.2 Å². The zero-order valence-corrected chi connectivity index (χ0v) is 28.6. The Hall–Kier alpha value is -4.61. The molecule has 0 saturated carbocycles. The molecular formula is C29H37N6O11PS. The van der Waals surface area contributed by atoms with Crippen molar-refractivity contribution in [1.82, 2.24) is 19.6 Å². The van der Waals surface area contributed by atoms with E-state index in [1.54, 1.807) is 38.4 Å². The predicted octanol–water partition coefficient (Wildman–Crippen LogP) is 4.39. The average Bonchev–Trinajstić information content (AvgIpc) is 3.67. The van der Waals surface area contributed by atoms with Crippen LogP contribution in [0.25, 0.3) is 0 Å². The summed E-state index contributed by atoms with van der Waals surface area (Å²) in [5, 5.41) is 28.8. The van der Waals surface area contributed by atoms with Gasteiger partial charge in [0.2, 0.25) is 7.37 Å². The zero-order valence-electron chi connectivity index (χ0n) is 26.9. The fraction of sp³-hybridized carbons (Fsp3) is 0.345. The van der Waals surface area contributed by atoms with E-state index in [4.69, 9.17) is 23.8 Å². The van der Waals surface area contributed by atoms with Crippen LogP contribution in [0.2, 0.25) is 0 Å². The molecule has 0 radical (unpaired) electrons. The lowest BCUT2D eigenvalue weighted by atomic mass is 10.2. The first-order valence-electron chi connectivity index (χ1n) is 14.3. The van der Waals surface area contributed by atoms with E-state index in [0.717, 1.165) is 10.9 Å². The Morgan fingerprint density at radius 2 is 1.73 bits per heavy atom. The summed E-state index contributed by atoms with van der Waals surface area (Å²) in [4.78, 5) is 22.6. The molecule has 2 heterocycles. The van der Waals surface area contributed by atoms with Gasteiger partial charge in [-0.25, -0.2) is 8.42 Å². The Kier molecular flexibility index (Phi) is 13.4. The molecule has 0 bridgehead atoms. The maximum Gasteiger partial charge on any atom is 0.390 e. The first kappa shape index (κ1) is 37.8. The number of nitro groups is 1. The first-order valence-corrected chi connectivity index (χ1v) is 18.4. The van der Waals surface area contributed by atoms with Gasteiger partial charge >= 0.3 is 5.82 Å². The number of benzene rings is 2. The molecule has 2 aromatic carbocycles. The van der Waals surface area contributed by atoms with Crippen molar-refractivity contribution in [3.63, 3.8) is 0 Å². The molecule has 0 aliphatic rings. The van der Waals surface area contributed by atoms with Gasteiger partial charge in [0.1, 0.15) is 29.6 Å². The van der Waals surface area contributed by atoms with Crippen molar-refractivity contribution >= 4 is 34.7 Å². The summed E-state index contributed by atoms with van der Waals surface area (Å²) >= 11 is 0. The number of carbonyl (C=O) groups excluding carboxylic acids is 1. The molecule has 0 aliphatic heterocycles. The summed E-state index contributed by atoms with van der Waals surface area (Å²) in [7, 11) is -4.65. The van der Waals surface area contributed by atoms with Crippen molar-refractivity contribution in [1.29, 1.82) is 0 Å². The van der Waals surface area contributed by atoms with Crippen LogP contribution in [0.5, 0.6) is 17.2 Å². The first-order chi connectivity index (χ1) is 22.6. The Bertz CT molecular complexity index is 1840. The molecule has 17 nitrogen and oxygen atoms in total. The second kappa shape index (κ2) is 17.0. The minimum Gasteiger partial charge on any atom is -0.488 e. The van der Waals surface area contributed by atoms with E-state index in [2.05, 4.69) is 15.5 Å². The number of carbonyl (C=O) groups is 1. The molecule has 48 heavy (non-hydrogen) atoms. The van der Waals surface area contributed by atoms with Crippen molar-refractivity contribution in [2.45, 2.75) is 37.9 Å². The maximum absolute atomic E-state index is 13.1. The number of amides is 1. The molecule has 2 N–H and O–H groups in total. The summed E-state index contributed by atoms with van der Waals surface area (Å²) in [5.74, 6) is 0.598. The lowest BCUT2D eigenvalue weighted by Gasteiger charge is -2.16. The van der Waals surface area contributed by atoms with E-state index in [1.165, 1.54) is 53.9 Å². The van der Waals surface area contributed by atoms with E-state index >= 15 is 0 Å². The quantitative estimate of drug-likeness (QED) is 0.0997. The number of nitrogens with one attached hydrogen (secondary N) is 1. The Morgan fingerprint density at radius 3 is 2.29 bits per heavy atom. The number of aromatic nitrogens is 4. The van der Waals surface area contributed by atoms with Crippen LogP contribution in [-0.4, -0.2) is 83.3 Å². The number of sulfone groups is 1. The molecule has 2 aromatic heterocycles. The summed E-state index contributed by atoms with van der Waals surface area (Å²) in [6, 6.07) is 13.5. The smallest absolute Gasteiger partial charge is 0.390 e. The minimum atomic E-state index is -3.35. The van der Waals surface area contributed by atoms with Gasteiger partial charge in [0.05, 0.1) is 35.5 Å². The summed E-state index contributed by atoms with van der Waals surface area (Å²) < 4.78 is 60.6. The SMILES string of the molecule is CCO[P@@](C)(=O)Cn1ccc(NC(=O)c2cc(Oc3ccc(S(C)(=O)=O)cc3)cc(O[C@@H](C)COC)c2)n1.O=[N+]([O-])c1ccn(CO)n1. The normalized spacial score (nSPS) is 13.0. The van der Waals surface area contributed by atoms with Gasteiger partial charge in [-0.1, -0.05) is 0 Å². The predicted molar refractivity (Wildman–Crippen MR) is 174 cm³/mol. The highest BCUT2D eigenvalue weighted by Crippen LogP contribution is 2.43. The van der Waals surface area contributed by atoms with Gasteiger partial charge in [-0.3, -0.25) is 14.0 Å². The number of rotatable bonds is 15. The van der Waals surface area contributed by atoms with Gasteiger partial charge < -0.3 is 39.3 Å².